The number of ether oxygens (including phenoxy) is 1. The minimum absolute atomic E-state index is 0. The zero-order valence-corrected chi connectivity index (χ0v) is 12.2. The van der Waals surface area contributed by atoms with Crippen molar-refractivity contribution in [3.05, 3.63) is 45.8 Å². The molecule has 0 spiro atoms. The molecule has 0 radical (unpaired) electrons. The summed E-state index contributed by atoms with van der Waals surface area (Å²) in [6, 6.07) is 7.41. The molecule has 0 aliphatic carbocycles. The van der Waals surface area contributed by atoms with Crippen LogP contribution in [0.2, 0.25) is 0 Å². The summed E-state index contributed by atoms with van der Waals surface area (Å²) in [4.78, 5) is 14.7. The van der Waals surface area contributed by atoms with Crippen LogP contribution in [0.5, 0.6) is 0 Å². The number of para-hydroxylation sites is 1. The minimum atomic E-state index is 0. The topological polar surface area (TPSA) is 42.7 Å². The van der Waals surface area contributed by atoms with Crippen LogP contribution in [0, 0.1) is 6.92 Å². The minimum Gasteiger partial charge on any atom is -0.461 e. The average Bonchev–Trinajstić information content (AvgIpc) is 2.45. The van der Waals surface area contributed by atoms with Crippen molar-refractivity contribution in [2.24, 2.45) is 0 Å². The van der Waals surface area contributed by atoms with E-state index in [1.54, 1.807) is 0 Å². The Bertz CT molecular complexity index is 647. The lowest BCUT2D eigenvalue weighted by atomic mass is 10.1. The Balaban J connectivity index is 0.00000147. The summed E-state index contributed by atoms with van der Waals surface area (Å²) in [7, 11) is 0. The molecule has 1 aliphatic heterocycles. The Labute approximate surface area is 123 Å². The smallest absolute Gasteiger partial charge is 0.197 e. The largest absolute Gasteiger partial charge is 0.461 e. The van der Waals surface area contributed by atoms with Gasteiger partial charge in [0.1, 0.15) is 11.3 Å². The van der Waals surface area contributed by atoms with Crippen molar-refractivity contribution in [3.63, 3.8) is 0 Å². The molecular weight excluding hydrogens is 278 g/mol. The predicted octanol–water partition coefficient (Wildman–Crippen LogP) is 2.36. The molecule has 0 unspecified atom stereocenters. The zero-order chi connectivity index (χ0) is 13.2. The van der Waals surface area contributed by atoms with Gasteiger partial charge in [-0.05, 0) is 19.1 Å². The van der Waals surface area contributed by atoms with Crippen molar-refractivity contribution in [3.8, 4) is 0 Å². The number of rotatable bonds is 2. The van der Waals surface area contributed by atoms with E-state index in [2.05, 4.69) is 4.90 Å². The number of hydrogen-bond acceptors (Lipinski definition) is 4. The lowest BCUT2D eigenvalue weighted by molar-refractivity contribution is 0.0337. The molecule has 1 fully saturated rings. The fourth-order valence-corrected chi connectivity index (χ4v) is 2.46. The van der Waals surface area contributed by atoms with E-state index < -0.39 is 0 Å². The van der Waals surface area contributed by atoms with Gasteiger partial charge in [-0.2, -0.15) is 0 Å². The number of hydrogen-bond donors (Lipinski definition) is 0. The van der Waals surface area contributed by atoms with E-state index in [0.717, 1.165) is 37.6 Å². The van der Waals surface area contributed by atoms with Crippen molar-refractivity contribution in [1.29, 1.82) is 0 Å². The zero-order valence-electron chi connectivity index (χ0n) is 11.4. The molecule has 1 saturated heterocycles. The molecule has 3 rings (SSSR count). The molecule has 0 N–H and O–H groups in total. The molecule has 2 aromatic rings. The first-order chi connectivity index (χ1) is 9.25. The molecule has 4 nitrogen and oxygen atoms in total. The van der Waals surface area contributed by atoms with E-state index in [4.69, 9.17) is 9.15 Å². The van der Waals surface area contributed by atoms with Crippen LogP contribution >= 0.6 is 12.4 Å². The summed E-state index contributed by atoms with van der Waals surface area (Å²) in [5, 5.41) is 0.663. The van der Waals surface area contributed by atoms with Crippen molar-refractivity contribution < 1.29 is 9.15 Å². The number of morpholine rings is 1. The summed E-state index contributed by atoms with van der Waals surface area (Å²) in [5.74, 6) is 0.718. The van der Waals surface area contributed by atoms with Crippen LogP contribution < -0.4 is 5.43 Å². The number of nitrogens with zero attached hydrogens (tertiary/aromatic N) is 1. The van der Waals surface area contributed by atoms with Crippen molar-refractivity contribution in [2.45, 2.75) is 13.5 Å². The first-order valence-electron chi connectivity index (χ1n) is 6.57. The maximum atomic E-state index is 12.5. The second kappa shape index (κ2) is 6.39. The molecule has 5 heteroatoms. The quantitative estimate of drug-likeness (QED) is 0.853. The average molecular weight is 296 g/mol. The third kappa shape index (κ3) is 2.87. The number of halogens is 1. The lowest BCUT2D eigenvalue weighted by Gasteiger charge is -2.26. The van der Waals surface area contributed by atoms with Gasteiger partial charge in [0, 0.05) is 19.6 Å². The highest BCUT2D eigenvalue weighted by Gasteiger charge is 2.16. The van der Waals surface area contributed by atoms with E-state index in [-0.39, 0.29) is 17.8 Å². The molecular formula is C15H18ClNO3. The van der Waals surface area contributed by atoms with Gasteiger partial charge in [0.25, 0.3) is 0 Å². The Kier molecular flexibility index (Phi) is 4.81. The van der Waals surface area contributed by atoms with Gasteiger partial charge >= 0.3 is 0 Å². The molecule has 108 valence electrons. The summed E-state index contributed by atoms with van der Waals surface area (Å²) in [6.45, 7) is 5.71. The molecule has 2 heterocycles. The summed E-state index contributed by atoms with van der Waals surface area (Å²) in [5.41, 5.74) is 1.52. The molecule has 1 aromatic carbocycles. The molecule has 0 saturated carbocycles. The molecule has 1 aliphatic rings. The van der Waals surface area contributed by atoms with Gasteiger partial charge in [-0.1, -0.05) is 12.1 Å². The van der Waals surface area contributed by atoms with Crippen LogP contribution in [0.4, 0.5) is 0 Å². The Morgan fingerprint density at radius 3 is 2.65 bits per heavy atom. The molecule has 0 bridgehead atoms. The third-order valence-electron chi connectivity index (χ3n) is 3.58. The van der Waals surface area contributed by atoms with E-state index in [1.165, 1.54) is 0 Å². The first-order valence-corrected chi connectivity index (χ1v) is 6.57. The van der Waals surface area contributed by atoms with E-state index in [1.807, 2.05) is 31.2 Å². The SMILES string of the molecule is Cc1oc2ccccc2c(=O)c1CN1CCOCC1.Cl. The Hall–Kier alpha value is -1.36. The van der Waals surface area contributed by atoms with Crippen molar-refractivity contribution >= 4 is 23.4 Å². The highest BCUT2D eigenvalue weighted by Crippen LogP contribution is 2.16. The predicted molar refractivity (Wildman–Crippen MR) is 80.6 cm³/mol. The summed E-state index contributed by atoms with van der Waals surface area (Å²) < 4.78 is 11.1. The Morgan fingerprint density at radius 2 is 1.90 bits per heavy atom. The van der Waals surface area contributed by atoms with Crippen molar-refractivity contribution in [1.82, 2.24) is 4.90 Å². The van der Waals surface area contributed by atoms with Crippen LogP contribution in [0.25, 0.3) is 11.0 Å². The second-order valence-corrected chi connectivity index (χ2v) is 4.85. The van der Waals surface area contributed by atoms with Gasteiger partial charge in [-0.25, -0.2) is 0 Å². The van der Waals surface area contributed by atoms with Gasteiger partial charge < -0.3 is 9.15 Å². The van der Waals surface area contributed by atoms with Gasteiger partial charge in [0.2, 0.25) is 0 Å². The molecule has 1 aromatic heterocycles. The van der Waals surface area contributed by atoms with Crippen molar-refractivity contribution in [2.75, 3.05) is 26.3 Å². The van der Waals surface area contributed by atoms with Crippen LogP contribution in [0.3, 0.4) is 0 Å². The van der Waals surface area contributed by atoms with Gasteiger partial charge in [-0.3, -0.25) is 9.69 Å². The fourth-order valence-electron chi connectivity index (χ4n) is 2.46. The standard InChI is InChI=1S/C15H17NO3.ClH/c1-11-13(10-16-6-8-18-9-7-16)15(17)12-4-2-3-5-14(12)19-11;/h2-5H,6-10H2,1H3;1H. The second-order valence-electron chi connectivity index (χ2n) is 4.85. The maximum Gasteiger partial charge on any atom is 0.197 e. The monoisotopic (exact) mass is 295 g/mol. The van der Waals surface area contributed by atoms with Crippen LogP contribution in [0.1, 0.15) is 11.3 Å². The first kappa shape index (κ1) is 15.0. The number of aryl methyl sites for hydroxylation is 1. The van der Waals surface area contributed by atoms with E-state index in [9.17, 15) is 4.79 Å². The number of benzene rings is 1. The third-order valence-corrected chi connectivity index (χ3v) is 3.58. The van der Waals surface area contributed by atoms with E-state index >= 15 is 0 Å². The maximum absolute atomic E-state index is 12.5. The van der Waals surface area contributed by atoms with Crippen LogP contribution in [-0.2, 0) is 11.3 Å². The van der Waals surface area contributed by atoms with Gasteiger partial charge in [-0.15, -0.1) is 12.4 Å². The van der Waals surface area contributed by atoms with Crippen LogP contribution in [-0.4, -0.2) is 31.2 Å². The highest BCUT2D eigenvalue weighted by atomic mass is 35.5. The van der Waals surface area contributed by atoms with Gasteiger partial charge in [0.05, 0.1) is 24.2 Å². The molecule has 20 heavy (non-hydrogen) atoms. The summed E-state index contributed by atoms with van der Waals surface area (Å²) in [6.07, 6.45) is 0. The summed E-state index contributed by atoms with van der Waals surface area (Å²) >= 11 is 0. The molecule has 0 amide bonds. The Morgan fingerprint density at radius 1 is 1.20 bits per heavy atom. The van der Waals surface area contributed by atoms with Gasteiger partial charge in [0.15, 0.2) is 5.43 Å². The fraction of sp³-hybridized carbons (Fsp3) is 0.400. The lowest BCUT2D eigenvalue weighted by Crippen LogP contribution is -2.37. The highest BCUT2D eigenvalue weighted by molar-refractivity contribution is 5.85. The molecule has 0 atom stereocenters. The number of fused-ring (bicyclic) bond motifs is 1. The van der Waals surface area contributed by atoms with E-state index in [0.29, 0.717) is 17.5 Å². The van der Waals surface area contributed by atoms with Crippen LogP contribution in [0.15, 0.2) is 33.5 Å². The normalized spacial score (nSPS) is 16.1.